The van der Waals surface area contributed by atoms with Gasteiger partial charge in [0.2, 0.25) is 0 Å². The predicted molar refractivity (Wildman–Crippen MR) is 89.6 cm³/mol. The number of benzene rings is 2. The van der Waals surface area contributed by atoms with Crippen LogP contribution in [0.15, 0.2) is 54.6 Å². The lowest BCUT2D eigenvalue weighted by molar-refractivity contribution is 0.341. The van der Waals surface area contributed by atoms with E-state index >= 15 is 0 Å². The minimum atomic E-state index is 0.382. The maximum absolute atomic E-state index is 9.24. The van der Waals surface area contributed by atoms with Crippen molar-refractivity contribution in [2.75, 3.05) is 6.61 Å². The van der Waals surface area contributed by atoms with Gasteiger partial charge < -0.3 is 4.74 Å². The lowest BCUT2D eigenvalue weighted by atomic mass is 10.1. The fraction of sp³-hybridized carbons (Fsp3) is 0.158. The second kappa shape index (κ2) is 6.37. The Bertz CT molecular complexity index is 860. The van der Waals surface area contributed by atoms with E-state index in [1.54, 1.807) is 10.7 Å². The average Bonchev–Trinajstić information content (AvgIpc) is 3.02. The Morgan fingerprint density at radius 2 is 1.91 bits per heavy atom. The van der Waals surface area contributed by atoms with E-state index in [1.807, 2.05) is 56.3 Å². The number of hydrogen-bond donors (Lipinski definition) is 0. The van der Waals surface area contributed by atoms with Crippen molar-refractivity contribution >= 4 is 0 Å². The van der Waals surface area contributed by atoms with Crippen molar-refractivity contribution in [3.8, 4) is 28.8 Å². The molecule has 0 aliphatic rings. The highest BCUT2D eigenvalue weighted by molar-refractivity contribution is 5.71. The van der Waals surface area contributed by atoms with Crippen molar-refractivity contribution in [1.29, 1.82) is 5.26 Å². The molecule has 0 fully saturated rings. The first-order valence-corrected chi connectivity index (χ1v) is 7.52. The standard InChI is InChI=1S/C19H17N3O/c1-3-23-19-10-9-14(2)11-17(19)18-12-15(13-20)21-22(18)16-7-5-4-6-8-16/h4-12H,3H2,1-2H3. The molecule has 0 atom stereocenters. The number of ether oxygens (including phenoxy) is 1. The zero-order chi connectivity index (χ0) is 16.2. The van der Waals surface area contributed by atoms with Gasteiger partial charge in [-0.15, -0.1) is 0 Å². The van der Waals surface area contributed by atoms with Crippen molar-refractivity contribution in [3.63, 3.8) is 0 Å². The van der Waals surface area contributed by atoms with Crippen LogP contribution in [-0.4, -0.2) is 16.4 Å². The van der Waals surface area contributed by atoms with Crippen LogP contribution in [0.1, 0.15) is 18.2 Å². The molecule has 0 aliphatic heterocycles. The Labute approximate surface area is 135 Å². The van der Waals surface area contributed by atoms with Crippen LogP contribution in [0.2, 0.25) is 0 Å². The normalized spacial score (nSPS) is 10.3. The summed E-state index contributed by atoms with van der Waals surface area (Å²) in [6.07, 6.45) is 0. The third kappa shape index (κ3) is 2.95. The molecule has 4 nitrogen and oxygen atoms in total. The van der Waals surface area contributed by atoms with Crippen molar-refractivity contribution < 1.29 is 4.74 Å². The Balaban J connectivity index is 2.23. The van der Waals surface area contributed by atoms with Crippen LogP contribution in [0.4, 0.5) is 0 Å². The Kier molecular flexibility index (Phi) is 4.11. The van der Waals surface area contributed by atoms with Gasteiger partial charge in [0.15, 0.2) is 5.69 Å². The third-order valence-electron chi connectivity index (χ3n) is 3.54. The molecule has 0 saturated heterocycles. The Hall–Kier alpha value is -3.06. The highest BCUT2D eigenvalue weighted by Gasteiger charge is 2.15. The highest BCUT2D eigenvalue weighted by atomic mass is 16.5. The largest absolute Gasteiger partial charge is 0.493 e. The summed E-state index contributed by atoms with van der Waals surface area (Å²) in [5.41, 5.74) is 4.20. The van der Waals surface area contributed by atoms with Gasteiger partial charge in [-0.05, 0) is 38.1 Å². The number of rotatable bonds is 4. The van der Waals surface area contributed by atoms with E-state index < -0.39 is 0 Å². The summed E-state index contributed by atoms with van der Waals surface area (Å²) in [4.78, 5) is 0. The SMILES string of the molecule is CCOc1ccc(C)cc1-c1cc(C#N)nn1-c1ccccc1. The summed E-state index contributed by atoms with van der Waals surface area (Å²) in [7, 11) is 0. The summed E-state index contributed by atoms with van der Waals surface area (Å²) < 4.78 is 7.54. The number of nitrogens with zero attached hydrogens (tertiary/aromatic N) is 3. The molecule has 0 unspecified atom stereocenters. The lowest BCUT2D eigenvalue weighted by Gasteiger charge is -2.13. The van der Waals surface area contributed by atoms with Gasteiger partial charge in [0, 0.05) is 11.6 Å². The van der Waals surface area contributed by atoms with Gasteiger partial charge >= 0.3 is 0 Å². The molecule has 0 amide bonds. The third-order valence-corrected chi connectivity index (χ3v) is 3.54. The molecule has 0 bridgehead atoms. The van der Waals surface area contributed by atoms with Crippen molar-refractivity contribution in [2.45, 2.75) is 13.8 Å². The molecule has 1 aromatic heterocycles. The minimum absolute atomic E-state index is 0.382. The average molecular weight is 303 g/mol. The van der Waals surface area contributed by atoms with E-state index in [0.717, 1.165) is 28.3 Å². The summed E-state index contributed by atoms with van der Waals surface area (Å²) in [5, 5.41) is 13.6. The van der Waals surface area contributed by atoms with Gasteiger partial charge in [0.05, 0.1) is 18.0 Å². The van der Waals surface area contributed by atoms with E-state index in [1.165, 1.54) is 0 Å². The summed E-state index contributed by atoms with van der Waals surface area (Å²) in [6.45, 7) is 4.58. The van der Waals surface area contributed by atoms with Gasteiger partial charge in [-0.2, -0.15) is 10.4 Å². The number of aromatic nitrogens is 2. The van der Waals surface area contributed by atoms with E-state index in [4.69, 9.17) is 4.74 Å². The van der Waals surface area contributed by atoms with Gasteiger partial charge in [-0.25, -0.2) is 4.68 Å². The monoisotopic (exact) mass is 303 g/mol. The van der Waals surface area contributed by atoms with Crippen LogP contribution in [0.25, 0.3) is 16.9 Å². The molecule has 3 rings (SSSR count). The van der Waals surface area contributed by atoms with Gasteiger partial charge in [0.1, 0.15) is 11.8 Å². The van der Waals surface area contributed by atoms with Gasteiger partial charge in [-0.1, -0.05) is 29.8 Å². The van der Waals surface area contributed by atoms with E-state index in [2.05, 4.69) is 17.2 Å². The molecule has 0 N–H and O–H groups in total. The molecule has 23 heavy (non-hydrogen) atoms. The minimum Gasteiger partial charge on any atom is -0.493 e. The number of para-hydroxylation sites is 1. The van der Waals surface area contributed by atoms with Crippen LogP contribution < -0.4 is 4.74 Å². The molecule has 0 aliphatic carbocycles. The van der Waals surface area contributed by atoms with Gasteiger partial charge in [0.25, 0.3) is 0 Å². The first-order valence-electron chi connectivity index (χ1n) is 7.52. The first-order chi connectivity index (χ1) is 11.2. The molecular formula is C19H17N3O. The summed E-state index contributed by atoms with van der Waals surface area (Å²) in [5.74, 6) is 0.791. The lowest BCUT2D eigenvalue weighted by Crippen LogP contribution is -2.01. The van der Waals surface area contributed by atoms with Crippen molar-refractivity contribution in [3.05, 3.63) is 65.9 Å². The molecular weight excluding hydrogens is 286 g/mol. The highest BCUT2D eigenvalue weighted by Crippen LogP contribution is 2.33. The van der Waals surface area contributed by atoms with E-state index in [9.17, 15) is 5.26 Å². The maximum atomic E-state index is 9.24. The topological polar surface area (TPSA) is 50.8 Å². The van der Waals surface area contributed by atoms with E-state index in [0.29, 0.717) is 12.3 Å². The fourth-order valence-electron chi connectivity index (χ4n) is 2.52. The zero-order valence-electron chi connectivity index (χ0n) is 13.2. The first kappa shape index (κ1) is 14.9. The van der Waals surface area contributed by atoms with Crippen LogP contribution in [0.3, 0.4) is 0 Å². The summed E-state index contributed by atoms with van der Waals surface area (Å²) >= 11 is 0. The molecule has 0 spiro atoms. The van der Waals surface area contributed by atoms with Crippen molar-refractivity contribution in [2.24, 2.45) is 0 Å². The molecule has 2 aromatic carbocycles. The molecule has 0 radical (unpaired) electrons. The molecule has 0 saturated carbocycles. The maximum Gasteiger partial charge on any atom is 0.163 e. The Morgan fingerprint density at radius 1 is 1.13 bits per heavy atom. The van der Waals surface area contributed by atoms with Crippen LogP contribution >= 0.6 is 0 Å². The van der Waals surface area contributed by atoms with E-state index in [-0.39, 0.29) is 0 Å². The van der Waals surface area contributed by atoms with Crippen LogP contribution in [-0.2, 0) is 0 Å². The second-order valence-electron chi connectivity index (χ2n) is 5.21. The molecule has 1 heterocycles. The van der Waals surface area contributed by atoms with Crippen molar-refractivity contribution in [1.82, 2.24) is 9.78 Å². The summed E-state index contributed by atoms with van der Waals surface area (Å²) in [6, 6.07) is 19.7. The van der Waals surface area contributed by atoms with Crippen LogP contribution in [0, 0.1) is 18.3 Å². The second-order valence-corrected chi connectivity index (χ2v) is 5.21. The molecule has 4 heteroatoms. The zero-order valence-corrected chi connectivity index (χ0v) is 13.2. The van der Waals surface area contributed by atoms with Gasteiger partial charge in [-0.3, -0.25) is 0 Å². The quantitative estimate of drug-likeness (QED) is 0.728. The molecule has 114 valence electrons. The Morgan fingerprint density at radius 3 is 2.61 bits per heavy atom. The smallest absolute Gasteiger partial charge is 0.163 e. The number of aryl methyl sites for hydroxylation is 1. The fourth-order valence-corrected chi connectivity index (χ4v) is 2.52. The number of hydrogen-bond acceptors (Lipinski definition) is 3. The molecule has 3 aromatic rings. The predicted octanol–water partition coefficient (Wildman–Crippen LogP) is 4.12. The number of nitriles is 1. The van der Waals surface area contributed by atoms with Crippen LogP contribution in [0.5, 0.6) is 5.75 Å².